The molecule has 2 aromatic rings. The van der Waals surface area contributed by atoms with E-state index in [4.69, 9.17) is 4.74 Å². The van der Waals surface area contributed by atoms with Crippen molar-refractivity contribution in [3.8, 4) is 11.1 Å². The molecule has 146 valence electrons. The summed E-state index contributed by atoms with van der Waals surface area (Å²) in [6.45, 7) is 0.133. The van der Waals surface area contributed by atoms with Crippen molar-refractivity contribution in [3.05, 3.63) is 59.2 Å². The molecule has 0 atom stereocenters. The molecule has 2 amide bonds. The molecule has 0 unspecified atom stereocenters. The molecule has 5 nitrogen and oxygen atoms in total. The number of hydrogen-bond acceptors (Lipinski definition) is 3. The molecule has 0 radical (unpaired) electrons. The van der Waals surface area contributed by atoms with Gasteiger partial charge >= 0.3 is 12.3 Å². The second-order valence-corrected chi connectivity index (χ2v) is 6.88. The first-order chi connectivity index (χ1) is 13.3. The first-order valence-corrected chi connectivity index (χ1v) is 8.80. The summed E-state index contributed by atoms with van der Waals surface area (Å²) < 4.78 is 42.8. The summed E-state index contributed by atoms with van der Waals surface area (Å²) in [5, 5.41) is 0. The Kier molecular flexibility index (Phi) is 4.49. The molecular formula is C20H17F3N2O3. The Labute approximate surface area is 159 Å². The van der Waals surface area contributed by atoms with Crippen LogP contribution in [0.1, 0.15) is 21.5 Å². The van der Waals surface area contributed by atoms with Gasteiger partial charge in [-0.25, -0.2) is 4.79 Å². The van der Waals surface area contributed by atoms with Crippen LogP contribution in [0, 0.1) is 0 Å². The number of fused-ring (bicyclic) bond motifs is 1. The first-order valence-electron chi connectivity index (χ1n) is 8.80. The molecule has 0 aromatic heterocycles. The molecule has 0 spiro atoms. The van der Waals surface area contributed by atoms with Crippen LogP contribution in [0.15, 0.2) is 42.5 Å². The molecule has 1 saturated heterocycles. The Balaban J connectivity index is 1.50. The minimum absolute atomic E-state index is 0.0450. The lowest BCUT2D eigenvalue weighted by Gasteiger charge is -2.17. The number of amides is 2. The Morgan fingerprint density at radius 3 is 2.32 bits per heavy atom. The molecule has 2 aromatic carbocycles. The summed E-state index contributed by atoms with van der Waals surface area (Å²) in [6, 6.07) is 12.7. The van der Waals surface area contributed by atoms with E-state index in [9.17, 15) is 22.8 Å². The van der Waals surface area contributed by atoms with E-state index in [0.29, 0.717) is 30.8 Å². The normalized spacial score (nSPS) is 16.5. The fourth-order valence-corrected chi connectivity index (χ4v) is 3.50. The molecule has 4 rings (SSSR count). The van der Waals surface area contributed by atoms with Gasteiger partial charge in [-0.2, -0.15) is 13.2 Å². The highest BCUT2D eigenvalue weighted by atomic mass is 19.4. The lowest BCUT2D eigenvalue weighted by Crippen LogP contribution is -2.34. The van der Waals surface area contributed by atoms with E-state index in [2.05, 4.69) is 0 Å². The van der Waals surface area contributed by atoms with Crippen molar-refractivity contribution < 1.29 is 27.5 Å². The smallest absolute Gasteiger partial charge is 0.410 e. The van der Waals surface area contributed by atoms with Crippen molar-refractivity contribution in [1.82, 2.24) is 9.80 Å². The highest BCUT2D eigenvalue weighted by molar-refractivity contribution is 5.99. The number of halogens is 3. The van der Waals surface area contributed by atoms with Crippen molar-refractivity contribution in [2.75, 3.05) is 19.7 Å². The molecule has 1 fully saturated rings. The zero-order chi connectivity index (χ0) is 19.9. The van der Waals surface area contributed by atoms with E-state index in [0.717, 1.165) is 21.6 Å². The van der Waals surface area contributed by atoms with Gasteiger partial charge in [-0.3, -0.25) is 4.79 Å². The predicted octanol–water partition coefficient (Wildman–Crippen LogP) is 3.82. The molecule has 0 N–H and O–H groups in total. The molecule has 8 heteroatoms. The third-order valence-electron chi connectivity index (χ3n) is 4.86. The minimum Gasteiger partial charge on any atom is -0.448 e. The van der Waals surface area contributed by atoms with Crippen molar-refractivity contribution in [2.45, 2.75) is 19.3 Å². The number of carbonyl (C=O) groups is 2. The van der Waals surface area contributed by atoms with Crippen molar-refractivity contribution in [3.63, 3.8) is 0 Å². The average Bonchev–Trinajstić information content (AvgIpc) is 3.17. The summed E-state index contributed by atoms with van der Waals surface area (Å²) in [5.74, 6) is -0.591. The second-order valence-electron chi connectivity index (χ2n) is 6.88. The number of benzene rings is 2. The summed E-state index contributed by atoms with van der Waals surface area (Å²) in [7, 11) is 0. The summed E-state index contributed by atoms with van der Waals surface area (Å²) in [6.07, 6.45) is -4.74. The van der Waals surface area contributed by atoms with Crippen molar-refractivity contribution in [1.29, 1.82) is 0 Å². The Bertz CT molecular complexity index is 925. The Hall–Kier alpha value is -3.03. The van der Waals surface area contributed by atoms with E-state index in [1.165, 1.54) is 0 Å². The average molecular weight is 390 g/mol. The number of cyclic esters (lactones) is 1. The molecule has 2 aliphatic rings. The van der Waals surface area contributed by atoms with E-state index >= 15 is 0 Å². The van der Waals surface area contributed by atoms with E-state index in [1.807, 2.05) is 24.3 Å². The van der Waals surface area contributed by atoms with Gasteiger partial charge in [0.1, 0.15) is 13.2 Å². The van der Waals surface area contributed by atoms with Crippen molar-refractivity contribution in [2.24, 2.45) is 0 Å². The second kappa shape index (κ2) is 6.85. The maximum Gasteiger partial charge on any atom is 0.410 e. The lowest BCUT2D eigenvalue weighted by molar-refractivity contribution is -0.140. The van der Waals surface area contributed by atoms with Gasteiger partial charge in [0.2, 0.25) is 0 Å². The van der Waals surface area contributed by atoms with Gasteiger partial charge < -0.3 is 14.5 Å². The van der Waals surface area contributed by atoms with Crippen LogP contribution in [0.4, 0.5) is 18.0 Å². The van der Waals surface area contributed by atoms with E-state index in [-0.39, 0.29) is 12.6 Å². The van der Waals surface area contributed by atoms with Crippen LogP contribution >= 0.6 is 0 Å². The van der Waals surface area contributed by atoms with E-state index in [1.54, 1.807) is 23.1 Å². The van der Waals surface area contributed by atoms with Gasteiger partial charge in [0, 0.05) is 18.7 Å². The summed E-state index contributed by atoms with van der Waals surface area (Å²) in [5.41, 5.74) is 3.58. The minimum atomic E-state index is -4.42. The third kappa shape index (κ3) is 3.67. The molecule has 0 bridgehead atoms. The van der Waals surface area contributed by atoms with Crippen LogP contribution < -0.4 is 0 Å². The number of carbonyl (C=O) groups excluding carboxylic acids is 2. The van der Waals surface area contributed by atoms with Gasteiger partial charge in [0.25, 0.3) is 5.91 Å². The maximum atomic E-state index is 12.6. The monoisotopic (exact) mass is 390 g/mol. The standard InChI is InChI=1S/C20H17F3N2O3/c21-20(22,23)12-25-11-16-9-15(5-6-17(16)18(25)26)14-3-1-13(2-4-14)10-24-7-8-28-19(24)27/h1-6,9H,7-8,10-12H2. The Morgan fingerprint density at radius 2 is 1.68 bits per heavy atom. The number of hydrogen-bond donors (Lipinski definition) is 0. The third-order valence-corrected chi connectivity index (χ3v) is 4.86. The van der Waals surface area contributed by atoms with E-state index < -0.39 is 18.6 Å². The number of alkyl halides is 3. The summed E-state index contributed by atoms with van der Waals surface area (Å²) >= 11 is 0. The largest absolute Gasteiger partial charge is 0.448 e. The molecule has 28 heavy (non-hydrogen) atoms. The fourth-order valence-electron chi connectivity index (χ4n) is 3.50. The molecule has 2 aliphatic heterocycles. The van der Waals surface area contributed by atoms with Crippen LogP contribution in [-0.2, 0) is 17.8 Å². The SMILES string of the molecule is O=C1OCCN1Cc1ccc(-c2ccc3c(c2)CN(CC(F)(F)F)C3=O)cc1. The highest BCUT2D eigenvalue weighted by Gasteiger charge is 2.37. The topological polar surface area (TPSA) is 49.9 Å². The van der Waals surface area contributed by atoms with Gasteiger partial charge in [0.15, 0.2) is 0 Å². The molecular weight excluding hydrogens is 373 g/mol. The van der Waals surface area contributed by atoms with Crippen LogP contribution in [-0.4, -0.2) is 47.7 Å². The van der Waals surface area contributed by atoms with Crippen LogP contribution in [0.3, 0.4) is 0 Å². The predicted molar refractivity (Wildman–Crippen MR) is 94.4 cm³/mol. The van der Waals surface area contributed by atoms with Gasteiger partial charge in [-0.1, -0.05) is 30.3 Å². The number of ether oxygens (including phenoxy) is 1. The van der Waals surface area contributed by atoms with Gasteiger partial charge in [-0.05, 0) is 34.4 Å². The van der Waals surface area contributed by atoms with Crippen LogP contribution in [0.25, 0.3) is 11.1 Å². The molecule has 0 aliphatic carbocycles. The van der Waals surface area contributed by atoms with Crippen molar-refractivity contribution >= 4 is 12.0 Å². The fraction of sp³-hybridized carbons (Fsp3) is 0.300. The maximum absolute atomic E-state index is 12.6. The van der Waals surface area contributed by atoms with Crippen LogP contribution in [0.2, 0.25) is 0 Å². The van der Waals surface area contributed by atoms with Crippen LogP contribution in [0.5, 0.6) is 0 Å². The first kappa shape index (κ1) is 18.3. The number of nitrogens with zero attached hydrogens (tertiary/aromatic N) is 2. The number of rotatable bonds is 4. The molecule has 0 saturated carbocycles. The Morgan fingerprint density at radius 1 is 0.964 bits per heavy atom. The zero-order valence-corrected chi connectivity index (χ0v) is 14.8. The highest BCUT2D eigenvalue weighted by Crippen LogP contribution is 2.30. The van der Waals surface area contributed by atoms with Gasteiger partial charge in [-0.15, -0.1) is 0 Å². The quantitative estimate of drug-likeness (QED) is 0.798. The van der Waals surface area contributed by atoms with Gasteiger partial charge in [0.05, 0.1) is 6.54 Å². The summed E-state index contributed by atoms with van der Waals surface area (Å²) in [4.78, 5) is 26.1. The molecule has 2 heterocycles. The zero-order valence-electron chi connectivity index (χ0n) is 14.8. The lowest BCUT2D eigenvalue weighted by atomic mass is 9.99.